The van der Waals surface area contributed by atoms with E-state index >= 15 is 0 Å². The molecule has 0 atom stereocenters. The maximum atomic E-state index is 13.9. The second-order valence-corrected chi connectivity index (χ2v) is 5.02. The van der Waals surface area contributed by atoms with Crippen LogP contribution in [0.1, 0.15) is 5.56 Å². The van der Waals surface area contributed by atoms with Crippen LogP contribution in [0.5, 0.6) is 17.2 Å². The third-order valence-corrected chi connectivity index (χ3v) is 3.43. The second kappa shape index (κ2) is 6.72. The van der Waals surface area contributed by atoms with Crippen LogP contribution >= 0.6 is 15.9 Å². The number of methoxy groups -OCH3 is 1. The van der Waals surface area contributed by atoms with Gasteiger partial charge in [0.05, 0.1) is 11.6 Å². The molecule has 2 aromatic rings. The van der Waals surface area contributed by atoms with E-state index in [1.54, 1.807) is 31.4 Å². The van der Waals surface area contributed by atoms with E-state index in [0.717, 1.165) is 5.56 Å². The summed E-state index contributed by atoms with van der Waals surface area (Å²) < 4.78 is 25.4. The Hall–Kier alpha value is -1.59. The van der Waals surface area contributed by atoms with Crippen LogP contribution in [0, 0.1) is 5.82 Å². The Balaban J connectivity index is 2.34. The molecule has 0 aliphatic rings. The third kappa shape index (κ3) is 3.29. The zero-order chi connectivity index (χ0) is 14.5. The minimum Gasteiger partial charge on any atom is -0.497 e. The lowest BCUT2D eigenvalue weighted by molar-refractivity contribution is 0.409. The monoisotopic (exact) mass is 339 g/mol. The molecule has 0 aromatic heterocycles. The Morgan fingerprint density at radius 2 is 2.05 bits per heavy atom. The Kier molecular flexibility index (Phi) is 4.98. The molecular weight excluding hydrogens is 325 g/mol. The smallest absolute Gasteiger partial charge is 0.166 e. The standard InChI is InChI=1S/C15H15BrFNO2/c1-19-11-5-6-14(12(16)9-11)20-15-10(7-8-18)3-2-4-13(15)17/h2-6,9H,7-8,18H2,1H3. The van der Waals surface area contributed by atoms with E-state index in [9.17, 15) is 4.39 Å². The Bertz CT molecular complexity index is 604. The molecule has 0 saturated heterocycles. The molecule has 2 N–H and O–H groups in total. The third-order valence-electron chi connectivity index (χ3n) is 2.81. The van der Waals surface area contributed by atoms with Crippen molar-refractivity contribution in [1.29, 1.82) is 0 Å². The van der Waals surface area contributed by atoms with E-state index in [1.165, 1.54) is 6.07 Å². The summed E-state index contributed by atoms with van der Waals surface area (Å²) >= 11 is 3.38. The van der Waals surface area contributed by atoms with Crippen LogP contribution in [0.15, 0.2) is 40.9 Å². The van der Waals surface area contributed by atoms with Crippen LogP contribution in [0.2, 0.25) is 0 Å². The summed E-state index contributed by atoms with van der Waals surface area (Å²) in [5.74, 6) is 1.02. The Morgan fingerprint density at radius 3 is 2.70 bits per heavy atom. The summed E-state index contributed by atoms with van der Waals surface area (Å²) in [5.41, 5.74) is 6.28. The summed E-state index contributed by atoms with van der Waals surface area (Å²) in [7, 11) is 1.58. The van der Waals surface area contributed by atoms with Gasteiger partial charge in [0.25, 0.3) is 0 Å². The van der Waals surface area contributed by atoms with Crippen LogP contribution in [0.3, 0.4) is 0 Å². The highest BCUT2D eigenvalue weighted by Gasteiger charge is 2.12. The van der Waals surface area contributed by atoms with Crippen molar-refractivity contribution in [3.05, 3.63) is 52.3 Å². The number of rotatable bonds is 5. The van der Waals surface area contributed by atoms with Gasteiger partial charge in [-0.05, 0) is 58.7 Å². The number of benzene rings is 2. The van der Waals surface area contributed by atoms with Gasteiger partial charge in [0.2, 0.25) is 0 Å². The van der Waals surface area contributed by atoms with Crippen LogP contribution in [0.25, 0.3) is 0 Å². The molecule has 0 aliphatic carbocycles. The lowest BCUT2D eigenvalue weighted by Gasteiger charge is -2.13. The van der Waals surface area contributed by atoms with Crippen LogP contribution < -0.4 is 15.2 Å². The molecule has 0 spiro atoms. The number of nitrogens with two attached hydrogens (primary N) is 1. The molecule has 20 heavy (non-hydrogen) atoms. The summed E-state index contributed by atoms with van der Waals surface area (Å²) in [4.78, 5) is 0. The molecule has 0 bridgehead atoms. The lowest BCUT2D eigenvalue weighted by Crippen LogP contribution is -2.05. The number of halogens is 2. The second-order valence-electron chi connectivity index (χ2n) is 4.17. The highest BCUT2D eigenvalue weighted by Crippen LogP contribution is 2.35. The average molecular weight is 340 g/mol. The molecule has 2 aromatic carbocycles. The van der Waals surface area contributed by atoms with Crippen molar-refractivity contribution in [3.8, 4) is 17.2 Å². The van der Waals surface area contributed by atoms with Gasteiger partial charge in [-0.3, -0.25) is 0 Å². The minimum absolute atomic E-state index is 0.212. The Labute approximate surface area is 125 Å². The van der Waals surface area contributed by atoms with Crippen molar-refractivity contribution in [3.63, 3.8) is 0 Å². The highest BCUT2D eigenvalue weighted by atomic mass is 79.9. The van der Waals surface area contributed by atoms with Crippen LogP contribution in [-0.2, 0) is 6.42 Å². The molecule has 0 unspecified atom stereocenters. The largest absolute Gasteiger partial charge is 0.497 e. The van der Waals surface area contributed by atoms with Crippen molar-refractivity contribution in [1.82, 2.24) is 0 Å². The van der Waals surface area contributed by atoms with E-state index in [-0.39, 0.29) is 5.75 Å². The topological polar surface area (TPSA) is 44.5 Å². The molecule has 106 valence electrons. The number of para-hydroxylation sites is 1. The minimum atomic E-state index is -0.404. The van der Waals surface area contributed by atoms with E-state index in [1.807, 2.05) is 6.07 Å². The quantitative estimate of drug-likeness (QED) is 0.898. The van der Waals surface area contributed by atoms with Gasteiger partial charge in [0.15, 0.2) is 11.6 Å². The first-order valence-electron chi connectivity index (χ1n) is 6.14. The average Bonchev–Trinajstić information content (AvgIpc) is 2.44. The maximum Gasteiger partial charge on any atom is 0.166 e. The van der Waals surface area contributed by atoms with Gasteiger partial charge in [-0.15, -0.1) is 0 Å². The summed E-state index contributed by atoms with van der Waals surface area (Å²) in [6.45, 7) is 0.434. The van der Waals surface area contributed by atoms with Crippen molar-refractivity contribution in [2.24, 2.45) is 5.73 Å². The number of hydrogen-bond donors (Lipinski definition) is 1. The molecule has 5 heteroatoms. The fourth-order valence-electron chi connectivity index (χ4n) is 1.82. The number of ether oxygens (including phenoxy) is 2. The van der Waals surface area contributed by atoms with E-state index < -0.39 is 5.82 Å². The summed E-state index contributed by atoms with van der Waals surface area (Å²) in [6, 6.07) is 10.1. The maximum absolute atomic E-state index is 13.9. The van der Waals surface area contributed by atoms with Crippen molar-refractivity contribution < 1.29 is 13.9 Å². The van der Waals surface area contributed by atoms with Crippen molar-refractivity contribution in [2.75, 3.05) is 13.7 Å². The SMILES string of the molecule is COc1ccc(Oc2c(F)cccc2CCN)c(Br)c1. The van der Waals surface area contributed by atoms with Gasteiger partial charge in [-0.25, -0.2) is 4.39 Å². The van der Waals surface area contributed by atoms with Crippen molar-refractivity contribution >= 4 is 15.9 Å². The molecule has 2 rings (SSSR count). The highest BCUT2D eigenvalue weighted by molar-refractivity contribution is 9.10. The van der Waals surface area contributed by atoms with E-state index in [4.69, 9.17) is 15.2 Å². The number of hydrogen-bond acceptors (Lipinski definition) is 3. The molecule has 0 amide bonds. The van der Waals surface area contributed by atoms with Crippen molar-refractivity contribution in [2.45, 2.75) is 6.42 Å². The molecule has 0 aliphatic heterocycles. The van der Waals surface area contributed by atoms with E-state index in [2.05, 4.69) is 15.9 Å². The fourth-order valence-corrected chi connectivity index (χ4v) is 2.26. The molecule has 0 radical (unpaired) electrons. The first-order chi connectivity index (χ1) is 9.65. The Morgan fingerprint density at radius 1 is 1.25 bits per heavy atom. The summed E-state index contributed by atoms with van der Waals surface area (Å²) in [5, 5.41) is 0. The molecule has 3 nitrogen and oxygen atoms in total. The predicted molar refractivity (Wildman–Crippen MR) is 79.9 cm³/mol. The normalized spacial score (nSPS) is 10.4. The lowest BCUT2D eigenvalue weighted by atomic mass is 10.1. The van der Waals surface area contributed by atoms with E-state index in [0.29, 0.717) is 28.9 Å². The zero-order valence-electron chi connectivity index (χ0n) is 11.0. The van der Waals surface area contributed by atoms with Crippen LogP contribution in [0.4, 0.5) is 4.39 Å². The zero-order valence-corrected chi connectivity index (χ0v) is 12.6. The molecule has 0 fully saturated rings. The van der Waals surface area contributed by atoms with Crippen LogP contribution in [-0.4, -0.2) is 13.7 Å². The molecular formula is C15H15BrFNO2. The fraction of sp³-hybridized carbons (Fsp3) is 0.200. The van der Waals surface area contributed by atoms with Gasteiger partial charge in [-0.1, -0.05) is 12.1 Å². The molecule has 0 heterocycles. The van der Waals surface area contributed by atoms with Gasteiger partial charge in [0.1, 0.15) is 11.5 Å². The summed E-state index contributed by atoms with van der Waals surface area (Å²) in [6.07, 6.45) is 0.556. The first kappa shape index (κ1) is 14.8. The van der Waals surface area contributed by atoms with Gasteiger partial charge >= 0.3 is 0 Å². The van der Waals surface area contributed by atoms with Gasteiger partial charge < -0.3 is 15.2 Å². The van der Waals surface area contributed by atoms with Gasteiger partial charge in [-0.2, -0.15) is 0 Å². The first-order valence-corrected chi connectivity index (χ1v) is 6.94. The van der Waals surface area contributed by atoms with Gasteiger partial charge in [0, 0.05) is 0 Å². The predicted octanol–water partition coefficient (Wildman–Crippen LogP) is 3.89. The molecule has 0 saturated carbocycles.